The molecule has 1 aromatic rings. The predicted octanol–water partition coefficient (Wildman–Crippen LogP) is 3.13. The molecule has 0 radical (unpaired) electrons. The molecule has 0 aliphatic carbocycles. The van der Waals surface area contributed by atoms with E-state index in [2.05, 4.69) is 21.2 Å². The van der Waals surface area contributed by atoms with Crippen LogP contribution >= 0.6 is 15.9 Å². The van der Waals surface area contributed by atoms with Gasteiger partial charge in [-0.25, -0.2) is 0 Å². The summed E-state index contributed by atoms with van der Waals surface area (Å²) in [4.78, 5) is 11.9. The molecular formula is C13H13BrF3NO2. The molecule has 0 aromatic heterocycles. The van der Waals surface area contributed by atoms with Gasteiger partial charge in [0.05, 0.1) is 12.1 Å². The molecule has 1 fully saturated rings. The highest BCUT2D eigenvalue weighted by Crippen LogP contribution is 2.39. The van der Waals surface area contributed by atoms with Crippen LogP contribution in [0, 0.1) is 0 Å². The number of amides is 1. The zero-order valence-corrected chi connectivity index (χ0v) is 12.4. The Bertz CT molecular complexity index is 549. The maximum Gasteiger partial charge on any atom is 0.426 e. The highest BCUT2D eigenvalue weighted by atomic mass is 79.9. The first-order valence-corrected chi connectivity index (χ1v) is 6.67. The van der Waals surface area contributed by atoms with Gasteiger partial charge in [0.1, 0.15) is 0 Å². The number of carbonyl (C=O) groups excluding carboxylic acids is 1. The van der Waals surface area contributed by atoms with Gasteiger partial charge < -0.3 is 10.1 Å². The second-order valence-electron chi connectivity index (χ2n) is 5.12. The van der Waals surface area contributed by atoms with Crippen molar-refractivity contribution in [2.45, 2.75) is 31.2 Å². The molecule has 2 atom stereocenters. The fraction of sp³-hybridized carbons (Fsp3) is 0.462. The fourth-order valence-electron chi connectivity index (χ4n) is 1.96. The summed E-state index contributed by atoms with van der Waals surface area (Å²) in [6, 6.07) is 7.00. The number of morpholine rings is 1. The van der Waals surface area contributed by atoms with Crippen molar-refractivity contribution in [2.24, 2.45) is 0 Å². The van der Waals surface area contributed by atoms with E-state index in [0.29, 0.717) is 5.56 Å². The number of halogens is 4. The van der Waals surface area contributed by atoms with Crippen molar-refractivity contribution in [3.8, 4) is 0 Å². The van der Waals surface area contributed by atoms with Gasteiger partial charge in [-0.3, -0.25) is 4.79 Å². The van der Waals surface area contributed by atoms with Gasteiger partial charge in [0.25, 0.3) is 5.91 Å². The lowest BCUT2D eigenvalue weighted by atomic mass is 9.88. The minimum Gasteiger partial charge on any atom is -0.354 e. The van der Waals surface area contributed by atoms with Crippen LogP contribution in [0.2, 0.25) is 0 Å². The van der Waals surface area contributed by atoms with E-state index < -0.39 is 23.2 Å². The molecule has 1 heterocycles. The van der Waals surface area contributed by atoms with E-state index in [1.165, 1.54) is 0 Å². The van der Waals surface area contributed by atoms with Gasteiger partial charge in [-0.05, 0) is 31.5 Å². The third-order valence-corrected chi connectivity index (χ3v) is 3.97. The summed E-state index contributed by atoms with van der Waals surface area (Å²) < 4.78 is 44.4. The maximum absolute atomic E-state index is 12.9. The van der Waals surface area contributed by atoms with Crippen molar-refractivity contribution in [1.29, 1.82) is 0 Å². The monoisotopic (exact) mass is 351 g/mol. The minimum absolute atomic E-state index is 0.259. The van der Waals surface area contributed by atoms with Crippen LogP contribution in [0.3, 0.4) is 0 Å². The second-order valence-corrected chi connectivity index (χ2v) is 6.03. The lowest BCUT2D eigenvalue weighted by Crippen LogP contribution is -2.67. The topological polar surface area (TPSA) is 38.3 Å². The maximum atomic E-state index is 12.9. The predicted molar refractivity (Wildman–Crippen MR) is 70.0 cm³/mol. The third-order valence-electron chi connectivity index (χ3n) is 3.47. The van der Waals surface area contributed by atoms with Crippen LogP contribution in [0.4, 0.5) is 13.2 Å². The first kappa shape index (κ1) is 15.3. The van der Waals surface area contributed by atoms with E-state index in [-0.39, 0.29) is 6.61 Å². The summed E-state index contributed by atoms with van der Waals surface area (Å²) in [5, 5.41) is 2.43. The van der Waals surface area contributed by atoms with Crippen LogP contribution in [0.25, 0.3) is 0 Å². The van der Waals surface area contributed by atoms with Crippen LogP contribution in [0.5, 0.6) is 0 Å². The molecular weight excluding hydrogens is 339 g/mol. The normalized spacial score (nSPS) is 31.0. The van der Waals surface area contributed by atoms with Crippen LogP contribution in [-0.2, 0) is 15.1 Å². The lowest BCUT2D eigenvalue weighted by molar-refractivity contribution is -0.274. The highest BCUT2D eigenvalue weighted by molar-refractivity contribution is 9.10. The second kappa shape index (κ2) is 4.73. The molecule has 20 heavy (non-hydrogen) atoms. The van der Waals surface area contributed by atoms with E-state index in [1.807, 2.05) is 0 Å². The van der Waals surface area contributed by atoms with E-state index in [9.17, 15) is 18.0 Å². The molecule has 0 unspecified atom stereocenters. The van der Waals surface area contributed by atoms with E-state index in [1.54, 1.807) is 31.2 Å². The Balaban J connectivity index is 2.31. The number of nitrogens with one attached hydrogen (secondary N) is 1. The van der Waals surface area contributed by atoms with Gasteiger partial charge in [-0.2, -0.15) is 13.2 Å². The van der Waals surface area contributed by atoms with E-state index >= 15 is 0 Å². The third kappa shape index (κ3) is 2.44. The fourth-order valence-corrected chi connectivity index (χ4v) is 2.36. The number of hydrogen-bond donors (Lipinski definition) is 1. The Morgan fingerprint density at radius 3 is 2.50 bits per heavy atom. The highest BCUT2D eigenvalue weighted by Gasteiger charge is 2.62. The first-order chi connectivity index (χ1) is 9.08. The van der Waals surface area contributed by atoms with Crippen molar-refractivity contribution < 1.29 is 22.7 Å². The molecule has 1 aromatic carbocycles. The average molecular weight is 352 g/mol. The Hall–Kier alpha value is -1.08. The van der Waals surface area contributed by atoms with Crippen molar-refractivity contribution in [2.75, 3.05) is 6.61 Å². The lowest BCUT2D eigenvalue weighted by Gasteiger charge is -2.43. The molecule has 2 rings (SSSR count). The number of alkyl halides is 3. The summed E-state index contributed by atoms with van der Waals surface area (Å²) in [7, 11) is 0. The molecule has 7 heteroatoms. The van der Waals surface area contributed by atoms with Gasteiger partial charge in [-0.1, -0.05) is 28.1 Å². The van der Waals surface area contributed by atoms with Gasteiger partial charge in [-0.15, -0.1) is 0 Å². The molecule has 1 N–H and O–H groups in total. The Kier molecular flexibility index (Phi) is 3.62. The molecule has 0 spiro atoms. The molecule has 3 nitrogen and oxygen atoms in total. The molecule has 0 saturated carbocycles. The van der Waals surface area contributed by atoms with E-state index in [0.717, 1.165) is 11.4 Å². The molecule has 110 valence electrons. The van der Waals surface area contributed by atoms with Crippen LogP contribution < -0.4 is 5.32 Å². The summed E-state index contributed by atoms with van der Waals surface area (Å²) >= 11 is 3.29. The zero-order chi connectivity index (χ0) is 15.2. The quantitative estimate of drug-likeness (QED) is 0.844. The molecule has 1 aliphatic rings. The average Bonchev–Trinajstić information content (AvgIpc) is 2.33. The minimum atomic E-state index is -4.75. The number of hydrogen-bond acceptors (Lipinski definition) is 2. The Morgan fingerprint density at radius 2 is 2.00 bits per heavy atom. The SMILES string of the molecule is C[C@]1(c2cccc(Br)c2)CO[C@@](C)(C(F)(F)F)C(=O)N1. The zero-order valence-electron chi connectivity index (χ0n) is 10.8. The van der Waals surface area contributed by atoms with Gasteiger partial charge in [0.2, 0.25) is 5.60 Å². The van der Waals surface area contributed by atoms with Gasteiger partial charge in [0.15, 0.2) is 0 Å². The molecule has 1 saturated heterocycles. The number of benzene rings is 1. The van der Waals surface area contributed by atoms with Crippen molar-refractivity contribution in [3.05, 3.63) is 34.3 Å². The van der Waals surface area contributed by atoms with Crippen LogP contribution in [0.15, 0.2) is 28.7 Å². The van der Waals surface area contributed by atoms with Gasteiger partial charge in [0, 0.05) is 4.47 Å². The number of rotatable bonds is 1. The van der Waals surface area contributed by atoms with Crippen molar-refractivity contribution >= 4 is 21.8 Å². The smallest absolute Gasteiger partial charge is 0.354 e. The van der Waals surface area contributed by atoms with Crippen LogP contribution in [0.1, 0.15) is 19.4 Å². The van der Waals surface area contributed by atoms with Crippen molar-refractivity contribution in [1.82, 2.24) is 5.32 Å². The van der Waals surface area contributed by atoms with Crippen molar-refractivity contribution in [3.63, 3.8) is 0 Å². The summed E-state index contributed by atoms with van der Waals surface area (Å²) in [5.41, 5.74) is -3.13. The molecule has 1 amide bonds. The molecule has 0 bridgehead atoms. The molecule has 1 aliphatic heterocycles. The van der Waals surface area contributed by atoms with Crippen LogP contribution in [-0.4, -0.2) is 24.3 Å². The Labute approximate surface area is 122 Å². The summed E-state index contributed by atoms with van der Waals surface area (Å²) in [6.45, 7) is 2.11. The number of carbonyl (C=O) groups is 1. The largest absolute Gasteiger partial charge is 0.426 e. The van der Waals surface area contributed by atoms with E-state index in [4.69, 9.17) is 4.74 Å². The van der Waals surface area contributed by atoms with Gasteiger partial charge >= 0.3 is 6.18 Å². The number of ether oxygens (including phenoxy) is 1. The summed E-state index contributed by atoms with van der Waals surface area (Å²) in [5.74, 6) is -1.18. The summed E-state index contributed by atoms with van der Waals surface area (Å²) in [6.07, 6.45) is -4.75. The Morgan fingerprint density at radius 1 is 1.35 bits per heavy atom. The standard InChI is InChI=1S/C13H13BrF3NO2/c1-11(8-4-3-5-9(14)6-8)7-20-12(2,10(19)18-11)13(15,16)17/h3-6H,7H2,1-2H3,(H,18,19)/t11-,12-/m1/s1. The first-order valence-electron chi connectivity index (χ1n) is 5.88.